The maximum atomic E-state index is 11.0. The second kappa shape index (κ2) is 5.40. The quantitative estimate of drug-likeness (QED) is 0.899. The minimum absolute atomic E-state index is 0.185. The van der Waals surface area contributed by atoms with Gasteiger partial charge in [-0.05, 0) is 39.0 Å². The van der Waals surface area contributed by atoms with E-state index in [9.17, 15) is 4.79 Å². The first kappa shape index (κ1) is 13.5. The molecule has 0 unspecified atom stereocenters. The van der Waals surface area contributed by atoms with E-state index in [1.807, 2.05) is 25.3 Å². The molecular weight excluding hydrogens is 244 g/mol. The molecule has 1 N–H and O–H groups in total. The molecule has 0 atom stereocenters. The number of hydrogen-bond donors (Lipinski definition) is 1. The number of rotatable bonds is 5. The zero-order valence-corrected chi connectivity index (χ0v) is 11.4. The molecule has 5 nitrogen and oxygen atoms in total. The van der Waals surface area contributed by atoms with Gasteiger partial charge >= 0.3 is 5.97 Å². The van der Waals surface area contributed by atoms with Crippen molar-refractivity contribution < 1.29 is 14.6 Å². The van der Waals surface area contributed by atoms with E-state index < -0.39 is 5.97 Å². The zero-order valence-electron chi connectivity index (χ0n) is 11.4. The van der Waals surface area contributed by atoms with Gasteiger partial charge in [-0.3, -0.25) is 0 Å². The Bertz CT molecular complexity index is 602. The Kier molecular flexibility index (Phi) is 3.85. The molecule has 102 valence electrons. The maximum Gasteiger partial charge on any atom is 0.335 e. The highest BCUT2D eigenvalue weighted by atomic mass is 16.5. The van der Waals surface area contributed by atoms with E-state index in [1.54, 1.807) is 18.2 Å². The van der Waals surface area contributed by atoms with Gasteiger partial charge in [0, 0.05) is 6.54 Å². The third kappa shape index (κ3) is 2.93. The van der Waals surface area contributed by atoms with Crippen molar-refractivity contribution in [2.75, 3.05) is 6.61 Å². The smallest absolute Gasteiger partial charge is 0.335 e. The number of benzene rings is 1. The van der Waals surface area contributed by atoms with Crippen molar-refractivity contribution in [1.82, 2.24) is 9.55 Å². The number of carboxylic acids is 1. The van der Waals surface area contributed by atoms with Gasteiger partial charge in [0.15, 0.2) is 0 Å². The average Bonchev–Trinajstić information content (AvgIpc) is 2.64. The lowest BCUT2D eigenvalue weighted by atomic mass is 10.2. The van der Waals surface area contributed by atoms with Gasteiger partial charge in [-0.1, -0.05) is 0 Å². The van der Waals surface area contributed by atoms with Crippen LogP contribution in [0.3, 0.4) is 0 Å². The van der Waals surface area contributed by atoms with E-state index in [0.717, 1.165) is 16.9 Å². The predicted octanol–water partition coefficient (Wildman–Crippen LogP) is 2.47. The molecule has 0 radical (unpaired) electrons. The van der Waals surface area contributed by atoms with Crippen LogP contribution in [-0.4, -0.2) is 33.3 Å². The third-order valence-electron chi connectivity index (χ3n) is 2.95. The molecule has 1 aromatic heterocycles. The van der Waals surface area contributed by atoms with E-state index in [4.69, 9.17) is 9.84 Å². The number of aromatic carboxylic acids is 1. The standard InChI is InChI=1S/C14H18N2O3/c1-9(2)19-7-6-16-10(3)15-12-5-4-11(14(17)18)8-13(12)16/h4-5,8-9H,6-7H2,1-3H3,(H,17,18). The maximum absolute atomic E-state index is 11.0. The highest BCUT2D eigenvalue weighted by Crippen LogP contribution is 2.18. The lowest BCUT2D eigenvalue weighted by molar-refractivity contribution is 0.0697. The summed E-state index contributed by atoms with van der Waals surface area (Å²) in [5, 5.41) is 9.04. The first-order valence-corrected chi connectivity index (χ1v) is 6.31. The van der Waals surface area contributed by atoms with Crippen molar-refractivity contribution in [2.24, 2.45) is 0 Å². The molecule has 0 aliphatic heterocycles. The summed E-state index contributed by atoms with van der Waals surface area (Å²) in [4.78, 5) is 15.4. The molecule has 0 saturated carbocycles. The highest BCUT2D eigenvalue weighted by molar-refractivity contribution is 5.92. The van der Waals surface area contributed by atoms with Crippen LogP contribution in [0.5, 0.6) is 0 Å². The third-order valence-corrected chi connectivity index (χ3v) is 2.95. The second-order valence-electron chi connectivity index (χ2n) is 4.74. The summed E-state index contributed by atoms with van der Waals surface area (Å²) in [7, 11) is 0. The minimum Gasteiger partial charge on any atom is -0.478 e. The molecule has 19 heavy (non-hydrogen) atoms. The van der Waals surface area contributed by atoms with E-state index >= 15 is 0 Å². The van der Waals surface area contributed by atoms with Crippen molar-refractivity contribution in [2.45, 2.75) is 33.4 Å². The van der Waals surface area contributed by atoms with Gasteiger partial charge < -0.3 is 14.4 Å². The van der Waals surface area contributed by atoms with Gasteiger partial charge in [-0.2, -0.15) is 0 Å². The molecule has 0 fully saturated rings. The van der Waals surface area contributed by atoms with E-state index in [2.05, 4.69) is 4.98 Å². The molecule has 0 aliphatic rings. The largest absolute Gasteiger partial charge is 0.478 e. The number of aromatic nitrogens is 2. The molecule has 2 aromatic rings. The Labute approximate surface area is 111 Å². The number of aryl methyl sites for hydroxylation is 1. The lowest BCUT2D eigenvalue weighted by Gasteiger charge is -2.10. The Morgan fingerprint density at radius 2 is 2.21 bits per heavy atom. The number of carbonyl (C=O) groups is 1. The van der Waals surface area contributed by atoms with E-state index in [1.165, 1.54) is 0 Å². The summed E-state index contributed by atoms with van der Waals surface area (Å²) >= 11 is 0. The molecule has 1 heterocycles. The van der Waals surface area contributed by atoms with Crippen molar-refractivity contribution in [3.05, 3.63) is 29.6 Å². The molecule has 5 heteroatoms. The number of hydrogen-bond acceptors (Lipinski definition) is 3. The first-order valence-electron chi connectivity index (χ1n) is 6.31. The number of ether oxygens (including phenoxy) is 1. The molecule has 0 saturated heterocycles. The van der Waals surface area contributed by atoms with Crippen LogP contribution in [0.25, 0.3) is 11.0 Å². The molecule has 0 spiro atoms. The molecule has 2 rings (SSSR count). The average molecular weight is 262 g/mol. The summed E-state index contributed by atoms with van der Waals surface area (Å²) in [6.07, 6.45) is 0.185. The van der Waals surface area contributed by atoms with Gasteiger partial charge in [0.1, 0.15) is 5.82 Å². The topological polar surface area (TPSA) is 64.3 Å². The van der Waals surface area contributed by atoms with Gasteiger partial charge in [0.2, 0.25) is 0 Å². The fourth-order valence-corrected chi connectivity index (χ4v) is 2.04. The fraction of sp³-hybridized carbons (Fsp3) is 0.429. The Hall–Kier alpha value is -1.88. The van der Waals surface area contributed by atoms with E-state index in [0.29, 0.717) is 13.2 Å². The Morgan fingerprint density at radius 3 is 2.84 bits per heavy atom. The van der Waals surface area contributed by atoms with Crippen LogP contribution in [0.1, 0.15) is 30.0 Å². The number of imidazole rings is 1. The van der Waals surface area contributed by atoms with Crippen molar-refractivity contribution >= 4 is 17.0 Å². The van der Waals surface area contributed by atoms with Crippen LogP contribution < -0.4 is 0 Å². The van der Waals surface area contributed by atoms with Crippen LogP contribution in [0.15, 0.2) is 18.2 Å². The van der Waals surface area contributed by atoms with Crippen molar-refractivity contribution in [3.8, 4) is 0 Å². The van der Waals surface area contributed by atoms with Gasteiger partial charge in [-0.25, -0.2) is 9.78 Å². The van der Waals surface area contributed by atoms with Crippen LogP contribution in [0.2, 0.25) is 0 Å². The number of carboxylic acid groups (broad SMARTS) is 1. The molecule has 1 aromatic carbocycles. The lowest BCUT2D eigenvalue weighted by Crippen LogP contribution is -2.11. The van der Waals surface area contributed by atoms with Crippen LogP contribution >= 0.6 is 0 Å². The molecule has 0 bridgehead atoms. The predicted molar refractivity (Wildman–Crippen MR) is 72.5 cm³/mol. The summed E-state index contributed by atoms with van der Waals surface area (Å²) in [5.74, 6) is -0.0596. The van der Waals surface area contributed by atoms with E-state index in [-0.39, 0.29) is 11.7 Å². The summed E-state index contributed by atoms with van der Waals surface area (Å²) in [5.41, 5.74) is 1.93. The van der Waals surface area contributed by atoms with Crippen LogP contribution in [0, 0.1) is 6.92 Å². The molecule has 0 amide bonds. The van der Waals surface area contributed by atoms with Gasteiger partial charge in [0.05, 0.1) is 29.3 Å². The minimum atomic E-state index is -0.925. The summed E-state index contributed by atoms with van der Waals surface area (Å²) < 4.78 is 7.52. The zero-order chi connectivity index (χ0) is 14.0. The van der Waals surface area contributed by atoms with Gasteiger partial charge in [0.25, 0.3) is 0 Å². The first-order chi connectivity index (χ1) is 8.99. The van der Waals surface area contributed by atoms with Gasteiger partial charge in [-0.15, -0.1) is 0 Å². The SMILES string of the molecule is Cc1nc2ccc(C(=O)O)cc2n1CCOC(C)C. The Balaban J connectivity index is 2.33. The van der Waals surface area contributed by atoms with Crippen molar-refractivity contribution in [3.63, 3.8) is 0 Å². The normalized spacial score (nSPS) is 11.4. The fourth-order valence-electron chi connectivity index (χ4n) is 2.04. The second-order valence-corrected chi connectivity index (χ2v) is 4.74. The van der Waals surface area contributed by atoms with Crippen molar-refractivity contribution in [1.29, 1.82) is 0 Å². The summed E-state index contributed by atoms with van der Waals surface area (Å²) in [6, 6.07) is 4.98. The number of nitrogens with zero attached hydrogens (tertiary/aromatic N) is 2. The van der Waals surface area contributed by atoms with Crippen LogP contribution in [0.4, 0.5) is 0 Å². The highest BCUT2D eigenvalue weighted by Gasteiger charge is 2.10. The Morgan fingerprint density at radius 1 is 1.47 bits per heavy atom. The monoisotopic (exact) mass is 262 g/mol. The summed E-state index contributed by atoms with van der Waals surface area (Å²) in [6.45, 7) is 7.14. The molecule has 0 aliphatic carbocycles. The molecular formula is C14H18N2O3. The van der Waals surface area contributed by atoms with Crippen LogP contribution in [-0.2, 0) is 11.3 Å². The number of fused-ring (bicyclic) bond motifs is 1.